The minimum atomic E-state index is -0.569. The van der Waals surface area contributed by atoms with E-state index in [1.54, 1.807) is 18.2 Å². The van der Waals surface area contributed by atoms with E-state index in [2.05, 4.69) is 5.32 Å². The van der Waals surface area contributed by atoms with Gasteiger partial charge in [-0.05, 0) is 32.0 Å². The van der Waals surface area contributed by atoms with Crippen LogP contribution in [0.2, 0.25) is 0 Å². The van der Waals surface area contributed by atoms with E-state index in [0.29, 0.717) is 5.69 Å². The summed E-state index contributed by atoms with van der Waals surface area (Å²) >= 11 is 0. The molecular formula is C11H14N3O. The lowest BCUT2D eigenvalue weighted by Crippen LogP contribution is -2.54. The highest BCUT2D eigenvalue weighted by atomic mass is 16.2. The van der Waals surface area contributed by atoms with E-state index >= 15 is 0 Å². The maximum absolute atomic E-state index is 11.8. The molecule has 1 aromatic rings. The Balaban J connectivity index is 2.57. The maximum Gasteiger partial charge on any atom is 0.249 e. The number of fused-ring (bicyclic) bond motifs is 1. The molecule has 0 saturated carbocycles. The first-order valence-electron chi connectivity index (χ1n) is 4.84. The summed E-state index contributed by atoms with van der Waals surface area (Å²) in [6, 6.07) is 5.20. The summed E-state index contributed by atoms with van der Waals surface area (Å²) in [5.41, 5.74) is 9.12. The van der Waals surface area contributed by atoms with Crippen LogP contribution in [0.5, 0.6) is 0 Å². The van der Waals surface area contributed by atoms with E-state index in [4.69, 9.17) is 5.73 Å². The molecule has 4 heteroatoms. The van der Waals surface area contributed by atoms with Crippen LogP contribution in [0.25, 0.3) is 0 Å². The maximum atomic E-state index is 11.8. The van der Waals surface area contributed by atoms with Crippen molar-refractivity contribution in [1.29, 1.82) is 0 Å². The van der Waals surface area contributed by atoms with Crippen molar-refractivity contribution in [1.82, 2.24) is 5.73 Å². The van der Waals surface area contributed by atoms with E-state index in [-0.39, 0.29) is 5.91 Å². The van der Waals surface area contributed by atoms with Gasteiger partial charge in [0, 0.05) is 7.05 Å². The smallest absolute Gasteiger partial charge is 0.249 e. The number of anilines is 2. The third kappa shape index (κ3) is 1.33. The average Bonchev–Trinajstić information content (AvgIpc) is 2.17. The third-order valence-electron chi connectivity index (χ3n) is 3.00. The van der Waals surface area contributed by atoms with Gasteiger partial charge in [0.15, 0.2) is 0 Å². The molecule has 0 aromatic heterocycles. The second-order valence-electron chi connectivity index (χ2n) is 4.30. The van der Waals surface area contributed by atoms with E-state index in [0.717, 1.165) is 11.4 Å². The predicted octanol–water partition coefficient (Wildman–Crippen LogP) is 1.77. The molecule has 1 amide bonds. The van der Waals surface area contributed by atoms with Crippen LogP contribution in [0.1, 0.15) is 13.8 Å². The second kappa shape index (κ2) is 2.89. The summed E-state index contributed by atoms with van der Waals surface area (Å²) in [5, 5.41) is 2.84. The summed E-state index contributed by atoms with van der Waals surface area (Å²) in [5.74, 6) is -0.0183. The van der Waals surface area contributed by atoms with Gasteiger partial charge < -0.3 is 16.0 Å². The largest absolute Gasteiger partial charge is 0.359 e. The molecule has 15 heavy (non-hydrogen) atoms. The molecule has 0 aliphatic carbocycles. The zero-order valence-electron chi connectivity index (χ0n) is 9.09. The fourth-order valence-corrected chi connectivity index (χ4v) is 1.64. The summed E-state index contributed by atoms with van der Waals surface area (Å²) < 4.78 is 0. The number of hydrogen-bond donors (Lipinski definition) is 1. The zero-order valence-corrected chi connectivity index (χ0v) is 9.09. The van der Waals surface area contributed by atoms with Gasteiger partial charge >= 0.3 is 0 Å². The van der Waals surface area contributed by atoms with Crippen LogP contribution in [-0.4, -0.2) is 18.5 Å². The number of likely N-dealkylation sites (N-methyl/N-ethyl adjacent to an activating group) is 1. The van der Waals surface area contributed by atoms with Crippen LogP contribution in [-0.2, 0) is 4.79 Å². The van der Waals surface area contributed by atoms with Crippen LogP contribution in [0.4, 0.5) is 17.1 Å². The van der Waals surface area contributed by atoms with Gasteiger partial charge in [-0.25, -0.2) is 0 Å². The van der Waals surface area contributed by atoms with Crippen molar-refractivity contribution in [2.75, 3.05) is 17.3 Å². The number of carbonyl (C=O) groups is 1. The van der Waals surface area contributed by atoms with Crippen molar-refractivity contribution >= 4 is 23.0 Å². The summed E-state index contributed by atoms with van der Waals surface area (Å²) in [6.45, 7) is 3.73. The molecule has 4 nitrogen and oxygen atoms in total. The third-order valence-corrected chi connectivity index (χ3v) is 3.00. The summed E-state index contributed by atoms with van der Waals surface area (Å²) in [7, 11) is 1.87. The number of benzene rings is 1. The average molecular weight is 204 g/mol. The van der Waals surface area contributed by atoms with Crippen LogP contribution < -0.4 is 16.0 Å². The van der Waals surface area contributed by atoms with E-state index < -0.39 is 5.54 Å². The first-order valence-corrected chi connectivity index (χ1v) is 4.84. The first-order chi connectivity index (χ1) is 6.93. The van der Waals surface area contributed by atoms with E-state index in [1.165, 1.54) is 0 Å². The molecule has 1 aromatic carbocycles. The Labute approximate surface area is 89.1 Å². The number of carbonyl (C=O) groups excluding carboxylic acids is 1. The quantitative estimate of drug-likeness (QED) is 0.700. The number of nitrogens with one attached hydrogen (secondary N) is 2. The number of hydrogen-bond acceptors (Lipinski definition) is 2. The van der Waals surface area contributed by atoms with Crippen LogP contribution in [0.15, 0.2) is 18.2 Å². The van der Waals surface area contributed by atoms with Gasteiger partial charge in [0.05, 0.1) is 17.1 Å². The van der Waals surface area contributed by atoms with Crippen molar-refractivity contribution in [3.05, 3.63) is 18.2 Å². The fourth-order valence-electron chi connectivity index (χ4n) is 1.64. The lowest BCUT2D eigenvalue weighted by Gasteiger charge is -2.41. The van der Waals surface area contributed by atoms with Crippen LogP contribution in [0, 0.1) is 0 Å². The van der Waals surface area contributed by atoms with Gasteiger partial charge in [0.25, 0.3) is 0 Å². The van der Waals surface area contributed by atoms with Crippen molar-refractivity contribution in [3.8, 4) is 0 Å². The Bertz CT molecular complexity index is 426. The molecule has 0 bridgehead atoms. The molecule has 2 N–H and O–H groups in total. The molecule has 0 spiro atoms. The molecule has 0 unspecified atom stereocenters. The Morgan fingerprint density at radius 2 is 2.07 bits per heavy atom. The summed E-state index contributed by atoms with van der Waals surface area (Å²) in [4.78, 5) is 13.7. The lowest BCUT2D eigenvalue weighted by atomic mass is 9.97. The van der Waals surface area contributed by atoms with Crippen molar-refractivity contribution in [3.63, 3.8) is 0 Å². The molecule has 1 heterocycles. The summed E-state index contributed by atoms with van der Waals surface area (Å²) in [6.07, 6.45) is 0. The fraction of sp³-hybridized carbons (Fsp3) is 0.364. The van der Waals surface area contributed by atoms with Crippen molar-refractivity contribution in [2.24, 2.45) is 0 Å². The molecule has 0 fully saturated rings. The molecule has 79 valence electrons. The van der Waals surface area contributed by atoms with Gasteiger partial charge in [-0.3, -0.25) is 4.79 Å². The van der Waals surface area contributed by atoms with Gasteiger partial charge in [-0.15, -0.1) is 0 Å². The Hall–Kier alpha value is -1.71. The minimum Gasteiger partial charge on any atom is -0.359 e. The molecule has 0 saturated heterocycles. The Morgan fingerprint density at radius 3 is 2.73 bits per heavy atom. The monoisotopic (exact) mass is 204 g/mol. The topological polar surface area (TPSA) is 56.1 Å². The van der Waals surface area contributed by atoms with E-state index in [9.17, 15) is 4.79 Å². The van der Waals surface area contributed by atoms with Gasteiger partial charge in [-0.2, -0.15) is 0 Å². The molecule has 1 aliphatic heterocycles. The van der Waals surface area contributed by atoms with Gasteiger partial charge in [0.2, 0.25) is 5.91 Å². The predicted molar refractivity (Wildman–Crippen MR) is 60.3 cm³/mol. The molecule has 1 radical (unpaired) electrons. The number of nitrogens with zero attached hydrogens (tertiary/aromatic N) is 1. The molecule has 1 aliphatic rings. The molecule has 0 atom stereocenters. The standard InChI is InChI=1S/C11H14N3O/c1-11(2)10(15)13-8-5-4-7(12)6-9(8)14(11)3/h4-6,12H,1-3H3,(H,13,15). The molecule has 2 rings (SSSR count). The zero-order chi connectivity index (χ0) is 11.2. The Kier molecular flexibility index (Phi) is 1.89. The van der Waals surface area contributed by atoms with Gasteiger partial charge in [0.1, 0.15) is 5.54 Å². The minimum absolute atomic E-state index is 0.0183. The number of amides is 1. The number of rotatable bonds is 0. The normalized spacial score (nSPS) is 18.3. The van der Waals surface area contributed by atoms with Crippen LogP contribution in [0.3, 0.4) is 0 Å². The highest BCUT2D eigenvalue weighted by Crippen LogP contribution is 2.36. The highest BCUT2D eigenvalue weighted by Gasteiger charge is 2.37. The SMILES string of the molecule is CN1c2cc([NH])ccc2NC(=O)C1(C)C. The first kappa shape index (κ1) is 9.83. The van der Waals surface area contributed by atoms with Crippen molar-refractivity contribution < 1.29 is 4.79 Å². The van der Waals surface area contributed by atoms with E-state index in [1.807, 2.05) is 25.8 Å². The molecular weight excluding hydrogens is 190 g/mol. The highest BCUT2D eigenvalue weighted by molar-refractivity contribution is 6.06. The van der Waals surface area contributed by atoms with Crippen LogP contribution >= 0.6 is 0 Å². The van der Waals surface area contributed by atoms with Gasteiger partial charge in [-0.1, -0.05) is 0 Å². The lowest BCUT2D eigenvalue weighted by molar-refractivity contribution is -0.120. The second-order valence-corrected chi connectivity index (χ2v) is 4.30. The Morgan fingerprint density at radius 1 is 1.40 bits per heavy atom. The van der Waals surface area contributed by atoms with Crippen molar-refractivity contribution in [2.45, 2.75) is 19.4 Å².